The molecule has 0 aromatic rings. The van der Waals surface area contributed by atoms with Crippen LogP contribution in [0.3, 0.4) is 0 Å². The lowest BCUT2D eigenvalue weighted by Crippen LogP contribution is -2.42. The summed E-state index contributed by atoms with van der Waals surface area (Å²) in [5.41, 5.74) is 5.74. The number of rotatable bonds is 7. The van der Waals surface area contributed by atoms with Gasteiger partial charge in [-0.25, -0.2) is 0 Å². The van der Waals surface area contributed by atoms with Gasteiger partial charge in [0.15, 0.2) is 0 Å². The molecule has 1 rings (SSSR count). The largest absolute Gasteiger partial charge is 0.466 e. The molecule has 0 aromatic carbocycles. The fraction of sp³-hybridized carbons (Fsp3) is 0.867. The molecule has 0 heterocycles. The maximum absolute atomic E-state index is 12.3. The summed E-state index contributed by atoms with van der Waals surface area (Å²) in [5, 5.41) is 0. The Morgan fingerprint density at radius 2 is 1.60 bits per heavy atom. The van der Waals surface area contributed by atoms with Gasteiger partial charge in [-0.05, 0) is 32.6 Å². The van der Waals surface area contributed by atoms with Crippen molar-refractivity contribution in [2.45, 2.75) is 46.0 Å². The highest BCUT2D eigenvalue weighted by Crippen LogP contribution is 2.35. The molecule has 1 fully saturated rings. The van der Waals surface area contributed by atoms with Crippen LogP contribution in [0.15, 0.2) is 0 Å². The quantitative estimate of drug-likeness (QED) is 0.723. The van der Waals surface area contributed by atoms with E-state index in [1.165, 1.54) is 6.42 Å². The molecule has 0 spiro atoms. The van der Waals surface area contributed by atoms with Crippen molar-refractivity contribution in [3.8, 4) is 0 Å². The Kier molecular flexibility index (Phi) is 7.59. The van der Waals surface area contributed by atoms with Gasteiger partial charge in [-0.1, -0.05) is 19.3 Å². The highest BCUT2D eigenvalue weighted by Gasteiger charge is 2.40. The van der Waals surface area contributed by atoms with Gasteiger partial charge in [0, 0.05) is 6.54 Å². The Bertz CT molecular complexity index is 313. The molecule has 5 heteroatoms. The molecule has 5 nitrogen and oxygen atoms in total. The van der Waals surface area contributed by atoms with E-state index in [0.717, 1.165) is 25.7 Å². The first-order valence-electron chi connectivity index (χ1n) is 7.69. The summed E-state index contributed by atoms with van der Waals surface area (Å²) in [7, 11) is 0. The molecular weight excluding hydrogens is 258 g/mol. The van der Waals surface area contributed by atoms with Crippen LogP contribution in [-0.2, 0) is 19.1 Å². The molecule has 1 saturated carbocycles. The van der Waals surface area contributed by atoms with Crippen LogP contribution in [0.4, 0.5) is 0 Å². The van der Waals surface area contributed by atoms with Gasteiger partial charge in [0.25, 0.3) is 0 Å². The van der Waals surface area contributed by atoms with Crippen LogP contribution in [0.1, 0.15) is 46.0 Å². The predicted molar refractivity (Wildman–Crippen MR) is 75.9 cm³/mol. The molecule has 20 heavy (non-hydrogen) atoms. The van der Waals surface area contributed by atoms with Crippen LogP contribution in [0, 0.1) is 17.8 Å². The number of nitrogens with two attached hydrogens (primary N) is 1. The SMILES string of the molecule is CCOC(=O)C(CN)C(C(=O)OCC)C1CCCCC1. The van der Waals surface area contributed by atoms with Crippen molar-refractivity contribution < 1.29 is 19.1 Å². The zero-order chi connectivity index (χ0) is 15.0. The molecule has 1 aliphatic rings. The monoisotopic (exact) mass is 285 g/mol. The van der Waals surface area contributed by atoms with E-state index in [1.807, 2.05) is 0 Å². The average Bonchev–Trinajstić information content (AvgIpc) is 2.45. The van der Waals surface area contributed by atoms with E-state index in [4.69, 9.17) is 15.2 Å². The summed E-state index contributed by atoms with van der Waals surface area (Å²) in [4.78, 5) is 24.3. The Morgan fingerprint density at radius 1 is 1.05 bits per heavy atom. The fourth-order valence-electron chi connectivity index (χ4n) is 3.06. The summed E-state index contributed by atoms with van der Waals surface area (Å²) in [6.45, 7) is 4.28. The molecule has 0 radical (unpaired) electrons. The van der Waals surface area contributed by atoms with Gasteiger partial charge in [-0.2, -0.15) is 0 Å². The number of hydrogen-bond donors (Lipinski definition) is 1. The predicted octanol–water partition coefficient (Wildman–Crippen LogP) is 1.88. The molecule has 0 saturated heterocycles. The van der Waals surface area contributed by atoms with Crippen LogP contribution in [0.2, 0.25) is 0 Å². The third-order valence-electron chi connectivity index (χ3n) is 3.99. The minimum Gasteiger partial charge on any atom is -0.466 e. The Morgan fingerprint density at radius 3 is 2.10 bits per heavy atom. The van der Waals surface area contributed by atoms with E-state index in [-0.39, 0.29) is 24.4 Å². The van der Waals surface area contributed by atoms with Gasteiger partial charge in [-0.3, -0.25) is 9.59 Å². The van der Waals surface area contributed by atoms with Crippen molar-refractivity contribution in [2.75, 3.05) is 19.8 Å². The van der Waals surface area contributed by atoms with Gasteiger partial charge in [0.2, 0.25) is 0 Å². The van der Waals surface area contributed by atoms with Crippen LogP contribution in [0.25, 0.3) is 0 Å². The van der Waals surface area contributed by atoms with E-state index in [0.29, 0.717) is 13.2 Å². The minimum atomic E-state index is -0.586. The molecule has 0 bridgehead atoms. The first kappa shape index (κ1) is 17.0. The zero-order valence-electron chi connectivity index (χ0n) is 12.6. The number of carbonyl (C=O) groups excluding carboxylic acids is 2. The lowest BCUT2D eigenvalue weighted by atomic mass is 9.74. The standard InChI is InChI=1S/C15H27NO4/c1-3-19-14(17)12(10-16)13(15(18)20-4-2)11-8-6-5-7-9-11/h11-13H,3-10,16H2,1-2H3. The molecule has 0 aromatic heterocycles. The maximum atomic E-state index is 12.3. The number of esters is 2. The molecular formula is C15H27NO4. The smallest absolute Gasteiger partial charge is 0.311 e. The fourth-order valence-corrected chi connectivity index (χ4v) is 3.06. The van der Waals surface area contributed by atoms with Crippen molar-refractivity contribution in [1.29, 1.82) is 0 Å². The van der Waals surface area contributed by atoms with E-state index in [2.05, 4.69) is 0 Å². The van der Waals surface area contributed by atoms with E-state index >= 15 is 0 Å². The van der Waals surface area contributed by atoms with Crippen molar-refractivity contribution >= 4 is 11.9 Å². The molecule has 0 aliphatic heterocycles. The molecule has 1 aliphatic carbocycles. The van der Waals surface area contributed by atoms with Crippen LogP contribution in [0.5, 0.6) is 0 Å². The van der Waals surface area contributed by atoms with Gasteiger partial charge >= 0.3 is 11.9 Å². The van der Waals surface area contributed by atoms with Crippen molar-refractivity contribution in [1.82, 2.24) is 0 Å². The molecule has 0 amide bonds. The summed E-state index contributed by atoms with van der Waals surface area (Å²) < 4.78 is 10.2. The van der Waals surface area contributed by atoms with Gasteiger partial charge < -0.3 is 15.2 Å². The van der Waals surface area contributed by atoms with Gasteiger partial charge in [0.05, 0.1) is 25.0 Å². The van der Waals surface area contributed by atoms with Crippen LogP contribution >= 0.6 is 0 Å². The van der Waals surface area contributed by atoms with E-state index in [9.17, 15) is 9.59 Å². The number of ether oxygens (including phenoxy) is 2. The van der Waals surface area contributed by atoms with Gasteiger partial charge in [0.1, 0.15) is 0 Å². The Balaban J connectivity index is 2.87. The van der Waals surface area contributed by atoms with E-state index < -0.39 is 11.8 Å². The van der Waals surface area contributed by atoms with Crippen molar-refractivity contribution in [3.63, 3.8) is 0 Å². The second kappa shape index (κ2) is 8.95. The van der Waals surface area contributed by atoms with Gasteiger partial charge in [-0.15, -0.1) is 0 Å². The summed E-state index contributed by atoms with van der Waals surface area (Å²) in [5.74, 6) is -1.54. The third kappa shape index (κ3) is 4.47. The Hall–Kier alpha value is -1.10. The third-order valence-corrected chi connectivity index (χ3v) is 3.99. The molecule has 116 valence electrons. The molecule has 2 unspecified atom stereocenters. The molecule has 2 N–H and O–H groups in total. The average molecular weight is 285 g/mol. The highest BCUT2D eigenvalue weighted by molar-refractivity contribution is 5.82. The first-order chi connectivity index (χ1) is 9.65. The Labute approximate surface area is 121 Å². The normalized spacial score (nSPS) is 19.1. The van der Waals surface area contributed by atoms with Crippen LogP contribution < -0.4 is 5.73 Å². The summed E-state index contributed by atoms with van der Waals surface area (Å²) >= 11 is 0. The maximum Gasteiger partial charge on any atom is 0.311 e. The lowest BCUT2D eigenvalue weighted by Gasteiger charge is -2.32. The summed E-state index contributed by atoms with van der Waals surface area (Å²) in [6, 6.07) is 0. The summed E-state index contributed by atoms with van der Waals surface area (Å²) in [6.07, 6.45) is 5.30. The first-order valence-corrected chi connectivity index (χ1v) is 7.69. The zero-order valence-corrected chi connectivity index (χ0v) is 12.6. The number of hydrogen-bond acceptors (Lipinski definition) is 5. The van der Waals surface area contributed by atoms with Crippen molar-refractivity contribution in [2.24, 2.45) is 23.5 Å². The number of carbonyl (C=O) groups is 2. The highest BCUT2D eigenvalue weighted by atomic mass is 16.5. The minimum absolute atomic E-state index is 0.124. The molecule has 2 atom stereocenters. The topological polar surface area (TPSA) is 78.6 Å². The van der Waals surface area contributed by atoms with Crippen molar-refractivity contribution in [3.05, 3.63) is 0 Å². The van der Waals surface area contributed by atoms with E-state index in [1.54, 1.807) is 13.8 Å². The lowest BCUT2D eigenvalue weighted by molar-refractivity contribution is -0.163. The second-order valence-corrected chi connectivity index (χ2v) is 5.27. The van der Waals surface area contributed by atoms with Crippen LogP contribution in [-0.4, -0.2) is 31.7 Å². The second-order valence-electron chi connectivity index (χ2n) is 5.27.